The zero-order valence-corrected chi connectivity index (χ0v) is 8.66. The lowest BCUT2D eigenvalue weighted by Crippen LogP contribution is -2.08. The molecule has 2 rings (SSSR count). The topological polar surface area (TPSA) is 80.9 Å². The second kappa shape index (κ2) is 4.09. The molecule has 16 heavy (non-hydrogen) atoms. The number of carbonyl (C=O) groups is 1. The normalized spacial score (nSPS) is 10.3. The quantitative estimate of drug-likeness (QED) is 0.815. The summed E-state index contributed by atoms with van der Waals surface area (Å²) in [6.45, 7) is 1.91. The number of aromatic nitrogens is 4. The van der Waals surface area contributed by atoms with Gasteiger partial charge in [-0.3, -0.25) is 9.78 Å². The lowest BCUT2D eigenvalue weighted by atomic mass is 10.3. The van der Waals surface area contributed by atoms with Gasteiger partial charge in [0, 0.05) is 6.20 Å². The van der Waals surface area contributed by atoms with Gasteiger partial charge in [-0.1, -0.05) is 5.21 Å². The molecule has 0 spiro atoms. The molecule has 0 saturated carbocycles. The van der Waals surface area contributed by atoms with E-state index in [0.29, 0.717) is 11.4 Å². The molecule has 82 valence electrons. The molecule has 1 N–H and O–H groups in total. The molecule has 0 aliphatic carbocycles. The van der Waals surface area contributed by atoms with Crippen molar-refractivity contribution in [2.45, 2.75) is 13.3 Å². The third-order valence-corrected chi connectivity index (χ3v) is 2.06. The Hall–Kier alpha value is -2.24. The Kier molecular flexibility index (Phi) is 2.63. The van der Waals surface area contributed by atoms with Crippen LogP contribution in [0.1, 0.15) is 11.3 Å². The first-order valence-corrected chi connectivity index (χ1v) is 4.70. The summed E-state index contributed by atoms with van der Waals surface area (Å²) in [5.41, 5.74) is 2.22. The number of rotatable bonds is 3. The molecule has 2 aromatic heterocycles. The van der Waals surface area contributed by atoms with Crippen molar-refractivity contribution in [3.8, 4) is 5.69 Å². The molecule has 0 atom stereocenters. The number of carboxylic acids is 1. The maximum atomic E-state index is 10.6. The standard InChI is InChI=1S/C10H10N4O2/c1-7-2-8(5-11-4-7)14-9(3-10(15)16)6-12-13-14/h2,4-6H,3H2,1H3,(H,15,16). The Balaban J connectivity index is 2.40. The molecular formula is C10H10N4O2. The van der Waals surface area contributed by atoms with Crippen LogP contribution in [0.15, 0.2) is 24.7 Å². The molecule has 0 aliphatic rings. The van der Waals surface area contributed by atoms with Crippen LogP contribution < -0.4 is 0 Å². The van der Waals surface area contributed by atoms with Crippen LogP contribution in [0.5, 0.6) is 0 Å². The minimum absolute atomic E-state index is 0.110. The second-order valence-corrected chi connectivity index (χ2v) is 3.43. The van der Waals surface area contributed by atoms with E-state index in [-0.39, 0.29) is 6.42 Å². The third-order valence-electron chi connectivity index (χ3n) is 2.06. The Bertz CT molecular complexity index is 521. The minimum Gasteiger partial charge on any atom is -0.481 e. The highest BCUT2D eigenvalue weighted by molar-refractivity contribution is 5.69. The van der Waals surface area contributed by atoms with Crippen LogP contribution in [0.2, 0.25) is 0 Å². The lowest BCUT2D eigenvalue weighted by molar-refractivity contribution is -0.136. The van der Waals surface area contributed by atoms with Crippen molar-refractivity contribution < 1.29 is 9.90 Å². The van der Waals surface area contributed by atoms with Gasteiger partial charge in [0.1, 0.15) is 0 Å². The summed E-state index contributed by atoms with van der Waals surface area (Å²) in [7, 11) is 0. The van der Waals surface area contributed by atoms with E-state index in [4.69, 9.17) is 5.11 Å². The number of pyridine rings is 1. The summed E-state index contributed by atoms with van der Waals surface area (Å²) in [6, 6.07) is 1.87. The zero-order valence-electron chi connectivity index (χ0n) is 8.66. The smallest absolute Gasteiger partial charge is 0.309 e. The van der Waals surface area contributed by atoms with E-state index >= 15 is 0 Å². The van der Waals surface area contributed by atoms with E-state index in [2.05, 4.69) is 15.3 Å². The van der Waals surface area contributed by atoms with E-state index in [9.17, 15) is 4.79 Å². The predicted molar refractivity (Wildman–Crippen MR) is 55.2 cm³/mol. The largest absolute Gasteiger partial charge is 0.481 e. The highest BCUT2D eigenvalue weighted by atomic mass is 16.4. The Morgan fingerprint density at radius 1 is 1.44 bits per heavy atom. The zero-order chi connectivity index (χ0) is 11.5. The average Bonchev–Trinajstić information content (AvgIpc) is 2.65. The van der Waals surface area contributed by atoms with Gasteiger partial charge in [0.25, 0.3) is 0 Å². The highest BCUT2D eigenvalue weighted by Gasteiger charge is 2.10. The van der Waals surface area contributed by atoms with Gasteiger partial charge >= 0.3 is 5.97 Å². The Morgan fingerprint density at radius 3 is 2.94 bits per heavy atom. The van der Waals surface area contributed by atoms with Gasteiger partial charge in [0.2, 0.25) is 0 Å². The lowest BCUT2D eigenvalue weighted by Gasteiger charge is -2.04. The molecule has 0 bridgehead atoms. The first kappa shape index (κ1) is 10.3. The maximum absolute atomic E-state index is 10.6. The van der Waals surface area contributed by atoms with Crippen molar-refractivity contribution in [2.24, 2.45) is 0 Å². The number of aryl methyl sites for hydroxylation is 1. The van der Waals surface area contributed by atoms with Gasteiger partial charge in [-0.15, -0.1) is 5.10 Å². The number of aliphatic carboxylic acids is 1. The fourth-order valence-corrected chi connectivity index (χ4v) is 1.40. The molecule has 6 nitrogen and oxygen atoms in total. The minimum atomic E-state index is -0.913. The van der Waals surface area contributed by atoms with Gasteiger partial charge in [0.05, 0.1) is 30.2 Å². The number of hydrogen-bond donors (Lipinski definition) is 1. The van der Waals surface area contributed by atoms with Crippen LogP contribution in [0, 0.1) is 6.92 Å². The van der Waals surface area contributed by atoms with E-state index < -0.39 is 5.97 Å². The van der Waals surface area contributed by atoms with Crippen molar-refractivity contribution in [3.63, 3.8) is 0 Å². The maximum Gasteiger partial charge on any atom is 0.309 e. The van der Waals surface area contributed by atoms with E-state index in [0.717, 1.165) is 5.56 Å². The first-order chi connectivity index (χ1) is 7.66. The van der Waals surface area contributed by atoms with Gasteiger partial charge in [0.15, 0.2) is 0 Å². The number of hydrogen-bond acceptors (Lipinski definition) is 4. The van der Waals surface area contributed by atoms with Crippen LogP contribution in [0.4, 0.5) is 0 Å². The molecule has 2 heterocycles. The molecule has 0 radical (unpaired) electrons. The summed E-state index contributed by atoms with van der Waals surface area (Å²) in [5.74, 6) is -0.913. The van der Waals surface area contributed by atoms with Crippen molar-refractivity contribution in [2.75, 3.05) is 0 Å². The van der Waals surface area contributed by atoms with Crippen LogP contribution >= 0.6 is 0 Å². The van der Waals surface area contributed by atoms with Gasteiger partial charge in [-0.25, -0.2) is 4.68 Å². The highest BCUT2D eigenvalue weighted by Crippen LogP contribution is 2.10. The summed E-state index contributed by atoms with van der Waals surface area (Å²) < 4.78 is 1.48. The number of carboxylic acid groups (broad SMARTS) is 1. The first-order valence-electron chi connectivity index (χ1n) is 4.70. The molecule has 6 heteroatoms. The van der Waals surface area contributed by atoms with Crippen molar-refractivity contribution in [1.29, 1.82) is 0 Å². The summed E-state index contributed by atoms with van der Waals surface area (Å²) in [4.78, 5) is 14.7. The van der Waals surface area contributed by atoms with E-state index in [1.165, 1.54) is 10.9 Å². The van der Waals surface area contributed by atoms with E-state index in [1.54, 1.807) is 12.4 Å². The Morgan fingerprint density at radius 2 is 2.25 bits per heavy atom. The van der Waals surface area contributed by atoms with Crippen molar-refractivity contribution in [3.05, 3.63) is 35.9 Å². The van der Waals surface area contributed by atoms with Gasteiger partial charge < -0.3 is 5.11 Å². The molecule has 0 amide bonds. The molecular weight excluding hydrogens is 208 g/mol. The SMILES string of the molecule is Cc1cncc(-n2nncc2CC(=O)O)c1. The molecule has 0 fully saturated rings. The molecule has 2 aromatic rings. The van der Waals surface area contributed by atoms with Crippen LogP contribution in [-0.4, -0.2) is 31.1 Å². The molecule has 0 aromatic carbocycles. The van der Waals surface area contributed by atoms with E-state index in [1.807, 2.05) is 13.0 Å². The number of nitrogens with zero attached hydrogens (tertiary/aromatic N) is 4. The van der Waals surface area contributed by atoms with Crippen LogP contribution in [0.25, 0.3) is 5.69 Å². The second-order valence-electron chi connectivity index (χ2n) is 3.43. The van der Waals surface area contributed by atoms with Gasteiger partial charge in [-0.05, 0) is 18.6 Å². The Labute approximate surface area is 91.6 Å². The van der Waals surface area contributed by atoms with Crippen molar-refractivity contribution in [1.82, 2.24) is 20.0 Å². The summed E-state index contributed by atoms with van der Waals surface area (Å²) in [6.07, 6.45) is 4.67. The predicted octanol–water partition coefficient (Wildman–Crippen LogP) is 0.598. The molecule has 0 unspecified atom stereocenters. The fraction of sp³-hybridized carbons (Fsp3) is 0.200. The van der Waals surface area contributed by atoms with Crippen LogP contribution in [0.3, 0.4) is 0 Å². The monoisotopic (exact) mass is 218 g/mol. The fourth-order valence-electron chi connectivity index (χ4n) is 1.40. The molecule has 0 aliphatic heterocycles. The van der Waals surface area contributed by atoms with Crippen molar-refractivity contribution >= 4 is 5.97 Å². The van der Waals surface area contributed by atoms with Gasteiger partial charge in [-0.2, -0.15) is 0 Å². The molecule has 0 saturated heterocycles. The third kappa shape index (κ3) is 2.05. The summed E-state index contributed by atoms with van der Waals surface area (Å²) in [5, 5.41) is 16.3. The van der Waals surface area contributed by atoms with Crippen LogP contribution in [-0.2, 0) is 11.2 Å². The summed E-state index contributed by atoms with van der Waals surface area (Å²) >= 11 is 0. The average molecular weight is 218 g/mol.